The molecule has 0 aliphatic heterocycles. The highest BCUT2D eigenvalue weighted by atomic mass is 16.3. The van der Waals surface area contributed by atoms with E-state index in [0.717, 1.165) is 0 Å². The van der Waals surface area contributed by atoms with Gasteiger partial charge in [-0.2, -0.15) is 0 Å². The second kappa shape index (κ2) is 4.01. The van der Waals surface area contributed by atoms with Gasteiger partial charge in [0, 0.05) is 5.56 Å². The quantitative estimate of drug-likeness (QED) is 0.705. The topological polar surface area (TPSA) is 60.7 Å². The summed E-state index contributed by atoms with van der Waals surface area (Å²) in [6.07, 6.45) is 0. The summed E-state index contributed by atoms with van der Waals surface area (Å²) in [6.45, 7) is 3.51. The zero-order valence-electron chi connectivity index (χ0n) is 9.73. The van der Waals surface area contributed by atoms with Gasteiger partial charge in [0.05, 0.1) is 5.56 Å². The van der Waals surface area contributed by atoms with Crippen molar-refractivity contribution in [1.82, 2.24) is 0 Å². The van der Waals surface area contributed by atoms with Crippen LogP contribution in [0.3, 0.4) is 0 Å². The molecule has 0 aromatic heterocycles. The fraction of sp³-hybridized carbons (Fsp3) is 0.143. The Bertz CT molecular complexity index is 548. The fourth-order valence-electron chi connectivity index (χ4n) is 1.91. The molecule has 3 N–H and O–H groups in total. The molecular formula is C14H14O3. The molecule has 3 nitrogen and oxygen atoms in total. The second-order valence-corrected chi connectivity index (χ2v) is 4.10. The SMILES string of the molecule is Cc1cc(C)c(O)c(-c2ccccc2O)c1O. The molecule has 0 aliphatic rings. The molecule has 0 atom stereocenters. The van der Waals surface area contributed by atoms with Crippen LogP contribution in [0.5, 0.6) is 17.2 Å². The van der Waals surface area contributed by atoms with Crippen molar-refractivity contribution in [2.24, 2.45) is 0 Å². The third-order valence-electron chi connectivity index (χ3n) is 2.83. The van der Waals surface area contributed by atoms with Crippen molar-refractivity contribution in [1.29, 1.82) is 0 Å². The molecule has 2 aromatic rings. The second-order valence-electron chi connectivity index (χ2n) is 4.10. The summed E-state index contributed by atoms with van der Waals surface area (Å²) in [4.78, 5) is 0. The molecule has 88 valence electrons. The summed E-state index contributed by atoms with van der Waals surface area (Å²) >= 11 is 0. The predicted octanol–water partition coefficient (Wildman–Crippen LogP) is 3.09. The average molecular weight is 230 g/mol. The standard InChI is InChI=1S/C14H14O3/c1-8-7-9(2)14(17)12(13(8)16)10-5-3-4-6-11(10)15/h3-7,15-17H,1-2H3. The zero-order valence-corrected chi connectivity index (χ0v) is 9.73. The molecule has 2 aromatic carbocycles. The van der Waals surface area contributed by atoms with Crippen molar-refractivity contribution in [3.63, 3.8) is 0 Å². The van der Waals surface area contributed by atoms with Gasteiger partial charge in [-0.05, 0) is 37.1 Å². The minimum atomic E-state index is -0.00500. The Morgan fingerprint density at radius 2 is 1.35 bits per heavy atom. The van der Waals surface area contributed by atoms with Crippen molar-refractivity contribution < 1.29 is 15.3 Å². The Morgan fingerprint density at radius 3 is 1.88 bits per heavy atom. The highest BCUT2D eigenvalue weighted by Crippen LogP contribution is 2.44. The van der Waals surface area contributed by atoms with E-state index in [0.29, 0.717) is 16.7 Å². The smallest absolute Gasteiger partial charge is 0.130 e. The molecule has 0 spiro atoms. The molecule has 0 heterocycles. The Kier molecular flexibility index (Phi) is 2.68. The number of aromatic hydroxyl groups is 3. The number of rotatable bonds is 1. The van der Waals surface area contributed by atoms with E-state index in [1.807, 2.05) is 0 Å². The van der Waals surface area contributed by atoms with E-state index in [1.54, 1.807) is 38.1 Å². The third kappa shape index (κ3) is 1.80. The lowest BCUT2D eigenvalue weighted by Gasteiger charge is -2.13. The summed E-state index contributed by atoms with van der Waals surface area (Å²) in [5, 5.41) is 29.8. The molecule has 17 heavy (non-hydrogen) atoms. The molecule has 0 saturated heterocycles. The largest absolute Gasteiger partial charge is 0.507 e. The molecule has 0 aliphatic carbocycles. The van der Waals surface area contributed by atoms with Gasteiger partial charge >= 0.3 is 0 Å². The van der Waals surface area contributed by atoms with Crippen LogP contribution in [0.2, 0.25) is 0 Å². The molecule has 0 saturated carbocycles. The molecule has 0 radical (unpaired) electrons. The van der Waals surface area contributed by atoms with Gasteiger partial charge in [0.2, 0.25) is 0 Å². The summed E-state index contributed by atoms with van der Waals surface area (Å²) < 4.78 is 0. The summed E-state index contributed by atoms with van der Waals surface area (Å²) in [6, 6.07) is 8.31. The van der Waals surface area contributed by atoms with E-state index in [9.17, 15) is 15.3 Å². The lowest BCUT2D eigenvalue weighted by Crippen LogP contribution is -1.88. The van der Waals surface area contributed by atoms with Crippen LogP contribution in [0.15, 0.2) is 30.3 Å². The maximum absolute atomic E-state index is 10.0. The first-order valence-electron chi connectivity index (χ1n) is 5.33. The van der Waals surface area contributed by atoms with Gasteiger partial charge in [0.1, 0.15) is 17.2 Å². The van der Waals surface area contributed by atoms with Gasteiger partial charge in [-0.15, -0.1) is 0 Å². The van der Waals surface area contributed by atoms with Crippen molar-refractivity contribution in [2.45, 2.75) is 13.8 Å². The Labute approximate surface area is 99.6 Å². The molecule has 3 heteroatoms. The minimum Gasteiger partial charge on any atom is -0.507 e. The van der Waals surface area contributed by atoms with Gasteiger partial charge in [-0.1, -0.05) is 18.2 Å². The number of aryl methyl sites for hydroxylation is 2. The Morgan fingerprint density at radius 1 is 0.824 bits per heavy atom. The first kappa shape index (κ1) is 11.3. The van der Waals surface area contributed by atoms with E-state index in [4.69, 9.17) is 0 Å². The van der Waals surface area contributed by atoms with Gasteiger partial charge in [0.25, 0.3) is 0 Å². The van der Waals surface area contributed by atoms with Gasteiger partial charge in [0.15, 0.2) is 0 Å². The van der Waals surface area contributed by atoms with Crippen LogP contribution in [-0.2, 0) is 0 Å². The number of phenols is 3. The normalized spacial score (nSPS) is 10.5. The lowest BCUT2D eigenvalue weighted by molar-refractivity contribution is 0.445. The van der Waals surface area contributed by atoms with E-state index >= 15 is 0 Å². The third-order valence-corrected chi connectivity index (χ3v) is 2.83. The summed E-state index contributed by atoms with van der Waals surface area (Å²) in [7, 11) is 0. The summed E-state index contributed by atoms with van der Waals surface area (Å²) in [5.74, 6) is 0.0206. The van der Waals surface area contributed by atoms with Gasteiger partial charge < -0.3 is 15.3 Å². The monoisotopic (exact) mass is 230 g/mol. The summed E-state index contributed by atoms with van der Waals surface area (Å²) in [5.41, 5.74) is 2.03. The number of para-hydroxylation sites is 1. The van der Waals surface area contributed by atoms with Crippen molar-refractivity contribution in [2.75, 3.05) is 0 Å². The van der Waals surface area contributed by atoms with E-state index in [2.05, 4.69) is 0 Å². The van der Waals surface area contributed by atoms with Crippen LogP contribution in [0, 0.1) is 13.8 Å². The first-order chi connectivity index (χ1) is 8.02. The van der Waals surface area contributed by atoms with Crippen LogP contribution in [0.4, 0.5) is 0 Å². The molecule has 0 amide bonds. The Hall–Kier alpha value is -2.16. The van der Waals surface area contributed by atoms with Gasteiger partial charge in [-0.3, -0.25) is 0 Å². The van der Waals surface area contributed by atoms with Crippen LogP contribution >= 0.6 is 0 Å². The Balaban J connectivity index is 2.80. The maximum Gasteiger partial charge on any atom is 0.130 e. The zero-order chi connectivity index (χ0) is 12.6. The molecular weight excluding hydrogens is 216 g/mol. The average Bonchev–Trinajstić information content (AvgIpc) is 2.29. The van der Waals surface area contributed by atoms with Crippen molar-refractivity contribution in [3.8, 4) is 28.4 Å². The maximum atomic E-state index is 10.0. The number of hydrogen-bond acceptors (Lipinski definition) is 3. The van der Waals surface area contributed by atoms with E-state index in [1.165, 1.54) is 6.07 Å². The predicted molar refractivity (Wildman–Crippen MR) is 66.3 cm³/mol. The van der Waals surface area contributed by atoms with Crippen molar-refractivity contribution >= 4 is 0 Å². The molecule has 2 rings (SSSR count). The van der Waals surface area contributed by atoms with Crippen LogP contribution in [-0.4, -0.2) is 15.3 Å². The lowest BCUT2D eigenvalue weighted by atomic mass is 9.97. The molecule has 0 bridgehead atoms. The van der Waals surface area contributed by atoms with Gasteiger partial charge in [-0.25, -0.2) is 0 Å². The molecule has 0 unspecified atom stereocenters. The number of benzene rings is 2. The van der Waals surface area contributed by atoms with E-state index in [-0.39, 0.29) is 22.8 Å². The van der Waals surface area contributed by atoms with Crippen LogP contribution in [0.1, 0.15) is 11.1 Å². The number of phenolic OH excluding ortho intramolecular Hbond substituents is 3. The van der Waals surface area contributed by atoms with E-state index < -0.39 is 0 Å². The highest BCUT2D eigenvalue weighted by molar-refractivity contribution is 5.82. The first-order valence-corrected chi connectivity index (χ1v) is 5.33. The highest BCUT2D eigenvalue weighted by Gasteiger charge is 2.17. The number of hydrogen-bond donors (Lipinski definition) is 3. The van der Waals surface area contributed by atoms with Crippen molar-refractivity contribution in [3.05, 3.63) is 41.5 Å². The minimum absolute atomic E-state index is 0.00500. The fourth-order valence-corrected chi connectivity index (χ4v) is 1.91. The van der Waals surface area contributed by atoms with Crippen LogP contribution < -0.4 is 0 Å². The van der Waals surface area contributed by atoms with Crippen LogP contribution in [0.25, 0.3) is 11.1 Å². The molecule has 0 fully saturated rings.